The number of alkyl halides is 12. The predicted molar refractivity (Wildman–Crippen MR) is 86.3 cm³/mol. The van der Waals surface area contributed by atoms with Crippen molar-refractivity contribution in [2.45, 2.75) is 41.9 Å². The minimum Gasteiger partial charge on any atom is -0.266 e. The maximum Gasteiger partial charge on any atom is 0.447 e. The Bertz CT molecular complexity index is 698. The van der Waals surface area contributed by atoms with E-state index in [0.717, 1.165) is 0 Å². The van der Waals surface area contributed by atoms with Crippen LogP contribution < -0.4 is 0 Å². The molecule has 20 heteroatoms. The second kappa shape index (κ2) is 9.33. The van der Waals surface area contributed by atoms with Gasteiger partial charge >= 0.3 is 22.0 Å². The van der Waals surface area contributed by atoms with Gasteiger partial charge in [-0.05, 0) is 35.1 Å². The highest BCUT2D eigenvalue weighted by Gasteiger charge is 2.46. The van der Waals surface area contributed by atoms with E-state index in [1.807, 2.05) is 0 Å². The molecule has 0 bridgehead atoms. The zero-order valence-electron chi connectivity index (χ0n) is 12.3. The van der Waals surface area contributed by atoms with E-state index in [1.165, 1.54) is 0 Å². The zero-order valence-corrected chi connectivity index (χ0v) is 17.1. The van der Waals surface area contributed by atoms with Crippen LogP contribution in [0.1, 0.15) is 0 Å². The van der Waals surface area contributed by atoms with Gasteiger partial charge in [-0.1, -0.05) is 0 Å². The largest absolute Gasteiger partial charge is 0.447 e. The molecular weight excluding hydrogens is 562 g/mol. The van der Waals surface area contributed by atoms with Gasteiger partial charge in [-0.2, -0.15) is 52.7 Å². The van der Waals surface area contributed by atoms with E-state index in [4.69, 9.17) is 11.6 Å². The van der Waals surface area contributed by atoms with Gasteiger partial charge in [0.2, 0.25) is 0 Å². The van der Waals surface area contributed by atoms with Crippen LogP contribution in [-0.2, 0) is 0 Å². The van der Waals surface area contributed by atoms with E-state index in [9.17, 15) is 57.5 Å². The van der Waals surface area contributed by atoms with Gasteiger partial charge in [-0.25, -0.2) is 0 Å². The summed E-state index contributed by atoms with van der Waals surface area (Å²) in [6.07, 6.45) is 0. The zero-order chi connectivity index (χ0) is 23.0. The lowest BCUT2D eigenvalue weighted by atomic mass is 10.6. The van der Waals surface area contributed by atoms with Crippen molar-refractivity contribution in [1.82, 2.24) is 3.97 Å². The number of carbonyl (C=O) groups excluding carboxylic acids is 1. The fraction of sp³-hybridized carbons (Fsp3) is 0.444. The van der Waals surface area contributed by atoms with Gasteiger partial charge < -0.3 is 0 Å². The van der Waals surface area contributed by atoms with E-state index in [-0.39, 0.29) is 3.97 Å². The van der Waals surface area contributed by atoms with Gasteiger partial charge in [0.15, 0.2) is 0 Å². The minimum atomic E-state index is -5.47. The molecule has 0 fully saturated rings. The minimum absolute atomic E-state index is 0.353. The third kappa shape index (κ3) is 9.88. The van der Waals surface area contributed by atoms with Gasteiger partial charge in [0, 0.05) is 23.5 Å². The molecule has 0 amide bonds. The Labute approximate surface area is 178 Å². The van der Waals surface area contributed by atoms with Crippen LogP contribution in [0.2, 0.25) is 0 Å². The summed E-state index contributed by atoms with van der Waals surface area (Å²) >= 11 is -1.58. The van der Waals surface area contributed by atoms with Crippen LogP contribution >= 0.6 is 70.6 Å². The summed E-state index contributed by atoms with van der Waals surface area (Å²) in [5.41, 5.74) is -21.8. The molecule has 168 valence electrons. The maximum absolute atomic E-state index is 12.8. The van der Waals surface area contributed by atoms with Gasteiger partial charge in [0.25, 0.3) is 4.57 Å². The van der Waals surface area contributed by atoms with E-state index in [0.29, 0.717) is 0 Å². The van der Waals surface area contributed by atoms with Gasteiger partial charge in [-0.15, -0.1) is 0 Å². The molecule has 1 aromatic rings. The van der Waals surface area contributed by atoms with Crippen LogP contribution in [0, 0.1) is 0 Å². The summed E-state index contributed by atoms with van der Waals surface area (Å²) in [7, 11) is 0. The third-order valence-electron chi connectivity index (χ3n) is 1.99. The van der Waals surface area contributed by atoms with E-state index in [1.54, 1.807) is 0 Å². The molecule has 1 heterocycles. The normalized spacial score (nSPS) is 13.8. The van der Waals surface area contributed by atoms with Crippen molar-refractivity contribution >= 4 is 75.2 Å². The first kappa shape index (κ1) is 27.2. The quantitative estimate of drug-likeness (QED) is 0.202. The average Bonchev–Trinajstić information content (AvgIpc) is 2.58. The average molecular weight is 562 g/mol. The first-order chi connectivity index (χ1) is 12.7. The molecular formula is C9ClF12NOS5. The molecule has 0 aliphatic carbocycles. The van der Waals surface area contributed by atoms with Crippen LogP contribution in [0.5, 0.6) is 0 Å². The molecule has 0 saturated carbocycles. The molecule has 0 aliphatic rings. The van der Waals surface area contributed by atoms with E-state index in [2.05, 4.69) is 0 Å². The molecule has 1 aromatic heterocycles. The lowest BCUT2D eigenvalue weighted by molar-refractivity contribution is -0.0354. The molecule has 0 N–H and O–H groups in total. The van der Waals surface area contributed by atoms with E-state index < -0.39 is 105 Å². The van der Waals surface area contributed by atoms with Crippen molar-refractivity contribution in [3.05, 3.63) is 0 Å². The molecule has 0 aliphatic heterocycles. The Kier molecular flexibility index (Phi) is 8.75. The summed E-state index contributed by atoms with van der Waals surface area (Å²) in [5, 5.41) is -3.45. The van der Waals surface area contributed by atoms with Crippen LogP contribution in [0.4, 0.5) is 57.5 Å². The van der Waals surface area contributed by atoms with Crippen LogP contribution in [0.15, 0.2) is 19.8 Å². The molecule has 0 atom stereocenters. The summed E-state index contributed by atoms with van der Waals surface area (Å²) < 4.78 is 151. The third-order valence-corrected chi connectivity index (χ3v) is 6.79. The standard InChI is InChI=1S/C9ClF12NOS5/c10-5(24)29-23-3(27-8(17,18)19)1(25-6(11,12)13)2(26-7(14,15)16)4(23)28-9(20,21)22. The fourth-order valence-electron chi connectivity index (χ4n) is 1.43. The van der Waals surface area contributed by atoms with Gasteiger partial charge in [0.05, 0.1) is 21.7 Å². The molecule has 29 heavy (non-hydrogen) atoms. The second-order valence-electron chi connectivity index (χ2n) is 4.08. The van der Waals surface area contributed by atoms with Crippen molar-refractivity contribution < 1.29 is 57.5 Å². The highest BCUT2D eigenvalue weighted by Crippen LogP contribution is 2.58. The molecule has 1 rings (SSSR count). The molecule has 0 spiro atoms. The Morgan fingerprint density at radius 3 is 1.10 bits per heavy atom. The summed E-state index contributed by atoms with van der Waals surface area (Å²) in [6.45, 7) is 0. The van der Waals surface area contributed by atoms with Crippen molar-refractivity contribution in [1.29, 1.82) is 0 Å². The number of hydrogen-bond acceptors (Lipinski definition) is 6. The number of aromatic nitrogens is 1. The van der Waals surface area contributed by atoms with Gasteiger partial charge in [-0.3, -0.25) is 8.77 Å². The first-order valence-corrected chi connectivity index (χ1v) is 10.3. The van der Waals surface area contributed by atoms with Crippen LogP contribution in [0.25, 0.3) is 0 Å². The monoisotopic (exact) mass is 561 g/mol. The van der Waals surface area contributed by atoms with Crippen LogP contribution in [0.3, 0.4) is 0 Å². The molecule has 0 radical (unpaired) electrons. The van der Waals surface area contributed by atoms with Gasteiger partial charge in [0.1, 0.15) is 10.1 Å². The number of rotatable bonds is 5. The Morgan fingerprint density at radius 2 is 0.897 bits per heavy atom. The number of hydrogen-bond donors (Lipinski definition) is 0. The SMILES string of the molecule is O=C(Cl)Sn1c(SC(F)(F)F)c(SC(F)(F)F)c(SC(F)(F)F)c1SC(F)(F)F. The predicted octanol–water partition coefficient (Wildman–Crippen LogP) is 8.79. The number of halogens is 13. The van der Waals surface area contributed by atoms with E-state index >= 15 is 0 Å². The summed E-state index contributed by atoms with van der Waals surface area (Å²) in [5.74, 6) is 0. The highest BCUT2D eigenvalue weighted by atomic mass is 35.5. The second-order valence-corrected chi connectivity index (χ2v) is 9.83. The molecule has 0 aromatic carbocycles. The molecule has 0 unspecified atom stereocenters. The maximum atomic E-state index is 12.8. The number of thioether (sulfide) groups is 4. The van der Waals surface area contributed by atoms with Crippen molar-refractivity contribution in [2.75, 3.05) is 0 Å². The lowest BCUT2D eigenvalue weighted by Crippen LogP contribution is -2.06. The topological polar surface area (TPSA) is 22.0 Å². The molecule has 0 saturated heterocycles. The van der Waals surface area contributed by atoms with Crippen molar-refractivity contribution in [3.8, 4) is 0 Å². The summed E-state index contributed by atoms with van der Waals surface area (Å²) in [6, 6.07) is 0. The number of nitrogens with zero attached hydrogens (tertiary/aromatic N) is 1. The number of carbonyl (C=O) groups is 1. The smallest absolute Gasteiger partial charge is 0.266 e. The van der Waals surface area contributed by atoms with Crippen molar-refractivity contribution in [2.24, 2.45) is 0 Å². The fourth-order valence-corrected chi connectivity index (χ4v) is 6.01. The Balaban J connectivity index is 3.92. The van der Waals surface area contributed by atoms with Crippen molar-refractivity contribution in [3.63, 3.8) is 0 Å². The van der Waals surface area contributed by atoms with Crippen LogP contribution in [-0.4, -0.2) is 30.6 Å². The lowest BCUT2D eigenvalue weighted by Gasteiger charge is -2.13. The summed E-state index contributed by atoms with van der Waals surface area (Å²) in [4.78, 5) is 7.40. The first-order valence-electron chi connectivity index (χ1n) is 5.88. The molecule has 2 nitrogen and oxygen atoms in total. The Hall–Kier alpha value is 0.150. The Morgan fingerprint density at radius 1 is 0.621 bits per heavy atom. The highest BCUT2D eigenvalue weighted by molar-refractivity contribution is 8.16.